The van der Waals surface area contributed by atoms with Crippen LogP contribution >= 0.6 is 0 Å². The summed E-state index contributed by atoms with van der Waals surface area (Å²) in [6.45, 7) is 0.800. The van der Waals surface area contributed by atoms with Crippen LogP contribution in [0.4, 0.5) is 5.69 Å². The van der Waals surface area contributed by atoms with E-state index in [1.807, 2.05) is 30.3 Å². The van der Waals surface area contributed by atoms with E-state index in [4.69, 9.17) is 5.73 Å². The van der Waals surface area contributed by atoms with Gasteiger partial charge in [0.1, 0.15) is 0 Å². The average Bonchev–Trinajstić information content (AvgIpc) is 2.58. The van der Waals surface area contributed by atoms with Crippen molar-refractivity contribution in [2.24, 2.45) is 0 Å². The van der Waals surface area contributed by atoms with Gasteiger partial charge in [-0.25, -0.2) is 0 Å². The van der Waals surface area contributed by atoms with E-state index in [0.29, 0.717) is 0 Å². The van der Waals surface area contributed by atoms with E-state index in [1.165, 1.54) is 11.1 Å². The minimum Gasteiger partial charge on any atom is -0.398 e. The molecule has 3 aromatic rings. The van der Waals surface area contributed by atoms with Crippen LogP contribution in [0.1, 0.15) is 22.7 Å². The molecule has 0 aliphatic rings. The number of nitrogen functional groups attached to an aromatic ring is 1. The van der Waals surface area contributed by atoms with E-state index >= 15 is 0 Å². The van der Waals surface area contributed by atoms with Gasteiger partial charge in [-0.2, -0.15) is 0 Å². The topological polar surface area (TPSA) is 38.0 Å². The number of nitrogens with two attached hydrogens (primary N) is 1. The van der Waals surface area contributed by atoms with Crippen LogP contribution in [0.2, 0.25) is 0 Å². The summed E-state index contributed by atoms with van der Waals surface area (Å²) in [6.07, 6.45) is 0. The maximum atomic E-state index is 6.19. The minimum atomic E-state index is 0.0857. The molecule has 0 aromatic heterocycles. The van der Waals surface area contributed by atoms with Crippen LogP contribution in [0.3, 0.4) is 0 Å². The zero-order valence-corrected chi connectivity index (χ0v) is 12.4. The van der Waals surface area contributed by atoms with E-state index in [9.17, 15) is 0 Å². The molecule has 3 aromatic carbocycles. The summed E-state index contributed by atoms with van der Waals surface area (Å²) < 4.78 is 0. The lowest BCUT2D eigenvalue weighted by Gasteiger charge is -2.21. The van der Waals surface area contributed by atoms with E-state index in [2.05, 4.69) is 59.9 Å². The van der Waals surface area contributed by atoms with E-state index in [1.54, 1.807) is 0 Å². The van der Waals surface area contributed by atoms with Crippen molar-refractivity contribution in [3.8, 4) is 0 Å². The minimum absolute atomic E-state index is 0.0857. The first kappa shape index (κ1) is 14.4. The molecule has 0 heterocycles. The first-order valence-electron chi connectivity index (χ1n) is 7.51. The number of rotatable bonds is 5. The van der Waals surface area contributed by atoms with Gasteiger partial charge in [-0.1, -0.05) is 78.9 Å². The fourth-order valence-electron chi connectivity index (χ4n) is 2.64. The summed E-state index contributed by atoms with van der Waals surface area (Å²) in [5.74, 6) is 0. The maximum Gasteiger partial charge on any atom is 0.0599 e. The van der Waals surface area contributed by atoms with Gasteiger partial charge < -0.3 is 11.1 Å². The Morgan fingerprint density at radius 1 is 0.727 bits per heavy atom. The van der Waals surface area contributed by atoms with Gasteiger partial charge in [0.05, 0.1) is 6.04 Å². The van der Waals surface area contributed by atoms with Gasteiger partial charge in [0.2, 0.25) is 0 Å². The Labute approximate surface area is 131 Å². The number of hydrogen-bond acceptors (Lipinski definition) is 2. The Morgan fingerprint density at radius 3 is 2.00 bits per heavy atom. The molecule has 0 saturated carbocycles. The third kappa shape index (κ3) is 3.35. The molecule has 1 atom stereocenters. The Kier molecular flexibility index (Phi) is 4.52. The molecule has 2 nitrogen and oxygen atoms in total. The van der Waals surface area contributed by atoms with Crippen LogP contribution in [0.15, 0.2) is 84.9 Å². The molecule has 1 unspecified atom stereocenters. The lowest BCUT2D eigenvalue weighted by molar-refractivity contribution is 0.606. The Bertz CT molecular complexity index is 708. The third-order valence-electron chi connectivity index (χ3n) is 3.79. The van der Waals surface area contributed by atoms with E-state index < -0.39 is 0 Å². The number of benzene rings is 3. The Hall–Kier alpha value is -2.58. The fraction of sp³-hybridized carbons (Fsp3) is 0.100. The summed E-state index contributed by atoms with van der Waals surface area (Å²) >= 11 is 0. The SMILES string of the molecule is Nc1ccccc1C(NCc1ccccc1)c1ccccc1. The van der Waals surface area contributed by atoms with E-state index in [0.717, 1.165) is 17.8 Å². The molecule has 0 radical (unpaired) electrons. The van der Waals surface area contributed by atoms with Gasteiger partial charge >= 0.3 is 0 Å². The number of anilines is 1. The highest BCUT2D eigenvalue weighted by molar-refractivity contribution is 5.51. The van der Waals surface area contributed by atoms with Gasteiger partial charge in [0, 0.05) is 12.2 Å². The molecule has 0 saturated heterocycles. The molecule has 2 heteroatoms. The van der Waals surface area contributed by atoms with Crippen molar-refractivity contribution in [2.75, 3.05) is 5.73 Å². The second-order valence-electron chi connectivity index (χ2n) is 5.34. The molecule has 0 fully saturated rings. The second-order valence-corrected chi connectivity index (χ2v) is 5.34. The van der Waals surface area contributed by atoms with Gasteiger partial charge in [0.25, 0.3) is 0 Å². The molecule has 0 amide bonds. The molecular formula is C20H20N2. The zero-order chi connectivity index (χ0) is 15.2. The molecule has 3 rings (SSSR count). The molecule has 0 aliphatic carbocycles. The van der Waals surface area contributed by atoms with Crippen LogP contribution in [-0.2, 0) is 6.54 Å². The smallest absolute Gasteiger partial charge is 0.0599 e. The second kappa shape index (κ2) is 6.92. The van der Waals surface area contributed by atoms with Crippen LogP contribution in [0.5, 0.6) is 0 Å². The molecular weight excluding hydrogens is 268 g/mol. The summed E-state index contributed by atoms with van der Waals surface area (Å²) in [4.78, 5) is 0. The van der Waals surface area contributed by atoms with Crippen molar-refractivity contribution in [1.29, 1.82) is 0 Å². The van der Waals surface area contributed by atoms with Crippen molar-refractivity contribution in [3.05, 3.63) is 102 Å². The van der Waals surface area contributed by atoms with Crippen LogP contribution in [-0.4, -0.2) is 0 Å². The fourth-order valence-corrected chi connectivity index (χ4v) is 2.64. The molecule has 110 valence electrons. The number of hydrogen-bond donors (Lipinski definition) is 2. The van der Waals surface area contributed by atoms with Gasteiger partial charge in [-0.15, -0.1) is 0 Å². The number of para-hydroxylation sites is 1. The Balaban J connectivity index is 1.89. The molecule has 0 aliphatic heterocycles. The molecule has 3 N–H and O–H groups in total. The maximum absolute atomic E-state index is 6.19. The van der Waals surface area contributed by atoms with Crippen LogP contribution in [0.25, 0.3) is 0 Å². The predicted molar refractivity (Wildman–Crippen MR) is 92.4 cm³/mol. The zero-order valence-electron chi connectivity index (χ0n) is 12.4. The van der Waals surface area contributed by atoms with Gasteiger partial charge in [-0.05, 0) is 22.8 Å². The van der Waals surface area contributed by atoms with Crippen molar-refractivity contribution in [2.45, 2.75) is 12.6 Å². The van der Waals surface area contributed by atoms with Crippen molar-refractivity contribution < 1.29 is 0 Å². The number of nitrogens with one attached hydrogen (secondary N) is 1. The lowest BCUT2D eigenvalue weighted by atomic mass is 9.97. The predicted octanol–water partition coefficient (Wildman–Crippen LogP) is 4.15. The Morgan fingerprint density at radius 2 is 1.32 bits per heavy atom. The van der Waals surface area contributed by atoms with Crippen molar-refractivity contribution in [3.63, 3.8) is 0 Å². The van der Waals surface area contributed by atoms with E-state index in [-0.39, 0.29) is 6.04 Å². The van der Waals surface area contributed by atoms with Crippen LogP contribution in [0, 0.1) is 0 Å². The lowest BCUT2D eigenvalue weighted by Crippen LogP contribution is -2.23. The summed E-state index contributed by atoms with van der Waals surface area (Å²) in [6, 6.07) is 29.0. The molecule has 0 spiro atoms. The van der Waals surface area contributed by atoms with Crippen molar-refractivity contribution >= 4 is 5.69 Å². The van der Waals surface area contributed by atoms with Gasteiger partial charge in [-0.3, -0.25) is 0 Å². The van der Waals surface area contributed by atoms with Crippen molar-refractivity contribution in [1.82, 2.24) is 5.32 Å². The highest BCUT2D eigenvalue weighted by Gasteiger charge is 2.15. The first-order chi connectivity index (χ1) is 10.8. The summed E-state index contributed by atoms with van der Waals surface area (Å²) in [5.41, 5.74) is 10.6. The first-order valence-corrected chi connectivity index (χ1v) is 7.51. The largest absolute Gasteiger partial charge is 0.398 e. The monoisotopic (exact) mass is 288 g/mol. The average molecular weight is 288 g/mol. The van der Waals surface area contributed by atoms with Gasteiger partial charge in [0.15, 0.2) is 0 Å². The highest BCUT2D eigenvalue weighted by atomic mass is 14.9. The standard InChI is InChI=1S/C20H20N2/c21-19-14-8-7-13-18(19)20(17-11-5-2-6-12-17)22-15-16-9-3-1-4-10-16/h1-14,20,22H,15,21H2. The normalized spacial score (nSPS) is 12.0. The summed E-state index contributed by atoms with van der Waals surface area (Å²) in [5, 5.41) is 3.63. The quantitative estimate of drug-likeness (QED) is 0.692. The molecule has 0 bridgehead atoms. The highest BCUT2D eigenvalue weighted by Crippen LogP contribution is 2.26. The third-order valence-corrected chi connectivity index (χ3v) is 3.79. The van der Waals surface area contributed by atoms with Crippen LogP contribution < -0.4 is 11.1 Å². The summed E-state index contributed by atoms with van der Waals surface area (Å²) in [7, 11) is 0. The molecule has 22 heavy (non-hydrogen) atoms.